The van der Waals surface area contributed by atoms with Crippen molar-refractivity contribution in [3.05, 3.63) is 64.4 Å². The minimum absolute atomic E-state index is 0.00839. The van der Waals surface area contributed by atoms with Crippen LogP contribution in [0.25, 0.3) is 0 Å². The Morgan fingerprint density at radius 2 is 1.75 bits per heavy atom. The highest BCUT2D eigenvalue weighted by Crippen LogP contribution is 2.33. The summed E-state index contributed by atoms with van der Waals surface area (Å²) in [4.78, 5) is 10.8. The van der Waals surface area contributed by atoms with Gasteiger partial charge in [0.2, 0.25) is 15.9 Å². The number of carbonyl (C=O) groups is 1. The van der Waals surface area contributed by atoms with E-state index in [1.165, 1.54) is 24.3 Å². The molecule has 0 aliphatic heterocycles. The zero-order valence-corrected chi connectivity index (χ0v) is 15.7. The molecule has 1 atom stereocenters. The summed E-state index contributed by atoms with van der Waals surface area (Å²) in [6, 6.07) is 7.03. The van der Waals surface area contributed by atoms with Crippen LogP contribution in [0, 0.1) is 11.7 Å². The maximum Gasteiger partial charge on any atom is 0.416 e. The summed E-state index contributed by atoms with van der Waals surface area (Å²) in [5.41, 5.74) is 4.61. The van der Waals surface area contributed by atoms with Gasteiger partial charge >= 0.3 is 6.18 Å². The topological polar surface area (TPSA) is 89.3 Å². The molecule has 0 spiro atoms. The van der Waals surface area contributed by atoms with Crippen molar-refractivity contribution in [1.82, 2.24) is 4.72 Å². The van der Waals surface area contributed by atoms with Gasteiger partial charge in [0.25, 0.3) is 0 Å². The van der Waals surface area contributed by atoms with Crippen molar-refractivity contribution >= 4 is 27.5 Å². The van der Waals surface area contributed by atoms with Crippen molar-refractivity contribution in [1.29, 1.82) is 0 Å². The molecule has 1 unspecified atom stereocenters. The number of halogens is 5. The summed E-state index contributed by atoms with van der Waals surface area (Å²) in [5, 5.41) is -0.408. The zero-order chi connectivity index (χ0) is 21.1. The SMILES string of the molecule is NC(=O)C(CNS(=O)(=O)c1cc(C(F)(F)F)ccc1Cl)Cc1ccc(F)cc1. The molecule has 2 aromatic carbocycles. The van der Waals surface area contributed by atoms with E-state index in [4.69, 9.17) is 17.3 Å². The molecule has 2 aromatic rings. The van der Waals surface area contributed by atoms with Gasteiger partial charge in [-0.25, -0.2) is 17.5 Å². The number of carbonyl (C=O) groups excluding carboxylic acids is 1. The van der Waals surface area contributed by atoms with Crippen LogP contribution in [0.3, 0.4) is 0 Å². The van der Waals surface area contributed by atoms with Gasteiger partial charge in [0, 0.05) is 6.54 Å². The number of primary amides is 1. The molecule has 152 valence electrons. The van der Waals surface area contributed by atoms with Crippen molar-refractivity contribution in [2.75, 3.05) is 6.54 Å². The van der Waals surface area contributed by atoms with Crippen molar-refractivity contribution in [3.63, 3.8) is 0 Å². The fraction of sp³-hybridized carbons (Fsp3) is 0.235. The average Bonchev–Trinajstić information content (AvgIpc) is 2.59. The smallest absolute Gasteiger partial charge is 0.369 e. The van der Waals surface area contributed by atoms with E-state index in [0.29, 0.717) is 17.7 Å². The summed E-state index contributed by atoms with van der Waals surface area (Å²) in [5.74, 6) is -2.33. The quantitative estimate of drug-likeness (QED) is 0.651. The molecule has 0 saturated carbocycles. The van der Waals surface area contributed by atoms with Crippen molar-refractivity contribution in [2.45, 2.75) is 17.5 Å². The van der Waals surface area contributed by atoms with Crippen LogP contribution in [0.4, 0.5) is 17.6 Å². The van der Waals surface area contributed by atoms with E-state index in [9.17, 15) is 30.8 Å². The number of alkyl halides is 3. The molecule has 5 nitrogen and oxygen atoms in total. The molecule has 0 saturated heterocycles. The zero-order valence-electron chi connectivity index (χ0n) is 14.1. The Labute approximate surface area is 163 Å². The summed E-state index contributed by atoms with van der Waals surface area (Å²) >= 11 is 5.74. The predicted molar refractivity (Wildman–Crippen MR) is 94.4 cm³/mol. The van der Waals surface area contributed by atoms with Gasteiger partial charge in [-0.3, -0.25) is 4.79 Å². The Morgan fingerprint density at radius 3 is 2.29 bits per heavy atom. The molecule has 1 amide bonds. The Balaban J connectivity index is 2.20. The van der Waals surface area contributed by atoms with Gasteiger partial charge in [0.05, 0.1) is 16.5 Å². The highest BCUT2D eigenvalue weighted by atomic mass is 35.5. The molecule has 11 heteroatoms. The average molecular weight is 439 g/mol. The summed E-state index contributed by atoms with van der Waals surface area (Å²) < 4.78 is 78.3. The first-order chi connectivity index (χ1) is 12.9. The molecular formula is C17H15ClF4N2O3S. The van der Waals surface area contributed by atoms with Gasteiger partial charge in [-0.2, -0.15) is 13.2 Å². The first-order valence-electron chi connectivity index (χ1n) is 7.80. The monoisotopic (exact) mass is 438 g/mol. The molecule has 28 heavy (non-hydrogen) atoms. The molecule has 0 bridgehead atoms. The van der Waals surface area contributed by atoms with Crippen molar-refractivity contribution in [2.24, 2.45) is 11.7 Å². The standard InChI is InChI=1S/C17H15ClF4N2O3S/c18-14-6-3-12(17(20,21)22)8-15(14)28(26,27)24-9-11(16(23)25)7-10-1-4-13(19)5-2-10/h1-6,8,11,24H,7,9H2,(H2,23,25). The Kier molecular flexibility index (Phi) is 6.68. The van der Waals surface area contributed by atoms with Crippen LogP contribution >= 0.6 is 11.6 Å². The Hall–Kier alpha value is -2.17. The molecule has 0 aromatic heterocycles. The normalized spacial score (nSPS) is 13.3. The lowest BCUT2D eigenvalue weighted by Crippen LogP contribution is -2.37. The van der Waals surface area contributed by atoms with Crippen LogP contribution < -0.4 is 10.5 Å². The van der Waals surface area contributed by atoms with Crippen LogP contribution in [-0.2, 0) is 27.4 Å². The van der Waals surface area contributed by atoms with Crippen molar-refractivity contribution < 1.29 is 30.8 Å². The number of nitrogens with two attached hydrogens (primary N) is 1. The maximum absolute atomic E-state index is 13.0. The van der Waals surface area contributed by atoms with E-state index in [0.717, 1.165) is 6.07 Å². The first kappa shape index (κ1) is 22.1. The second kappa shape index (κ2) is 8.46. The molecule has 0 fully saturated rings. The van der Waals surface area contributed by atoms with Crippen LogP contribution in [0.15, 0.2) is 47.4 Å². The van der Waals surface area contributed by atoms with Gasteiger partial charge in [-0.05, 0) is 42.3 Å². The van der Waals surface area contributed by atoms with Crippen molar-refractivity contribution in [3.8, 4) is 0 Å². The minimum Gasteiger partial charge on any atom is -0.369 e. The predicted octanol–water partition coefficient (Wildman–Crippen LogP) is 3.12. The van der Waals surface area contributed by atoms with E-state index in [1.807, 2.05) is 0 Å². The lowest BCUT2D eigenvalue weighted by Gasteiger charge is -2.16. The summed E-state index contributed by atoms with van der Waals surface area (Å²) in [6.45, 7) is -0.471. The Morgan fingerprint density at radius 1 is 1.14 bits per heavy atom. The highest BCUT2D eigenvalue weighted by Gasteiger charge is 2.33. The second-order valence-corrected chi connectivity index (χ2v) is 8.07. The van der Waals surface area contributed by atoms with E-state index in [1.54, 1.807) is 0 Å². The minimum atomic E-state index is -4.76. The highest BCUT2D eigenvalue weighted by molar-refractivity contribution is 7.89. The van der Waals surface area contributed by atoms with Crippen LogP contribution in [0.2, 0.25) is 5.02 Å². The number of benzene rings is 2. The summed E-state index contributed by atoms with van der Waals surface area (Å²) in [7, 11) is -4.45. The van der Waals surface area contributed by atoms with Gasteiger partial charge in [-0.1, -0.05) is 23.7 Å². The van der Waals surface area contributed by atoms with Gasteiger partial charge in [-0.15, -0.1) is 0 Å². The molecule has 0 heterocycles. The third kappa shape index (κ3) is 5.66. The molecule has 0 aliphatic rings. The summed E-state index contributed by atoms with van der Waals surface area (Å²) in [6.07, 6.45) is -4.75. The van der Waals surface area contributed by atoms with Crippen LogP contribution in [-0.4, -0.2) is 20.9 Å². The van der Waals surface area contributed by atoms with Gasteiger partial charge in [0.1, 0.15) is 10.7 Å². The molecule has 2 rings (SSSR count). The molecule has 3 N–H and O–H groups in total. The first-order valence-corrected chi connectivity index (χ1v) is 9.66. The van der Waals surface area contributed by atoms with Crippen LogP contribution in [0.5, 0.6) is 0 Å². The van der Waals surface area contributed by atoms with Crippen LogP contribution in [0.1, 0.15) is 11.1 Å². The number of nitrogens with one attached hydrogen (secondary N) is 1. The third-order valence-electron chi connectivity index (χ3n) is 3.87. The Bertz CT molecular complexity index is 963. The van der Waals surface area contributed by atoms with Gasteiger partial charge < -0.3 is 5.73 Å². The number of hydrogen-bond donors (Lipinski definition) is 2. The number of sulfonamides is 1. The van der Waals surface area contributed by atoms with E-state index in [-0.39, 0.29) is 6.42 Å². The maximum atomic E-state index is 13.0. The second-order valence-electron chi connectivity index (χ2n) is 5.92. The largest absolute Gasteiger partial charge is 0.416 e. The molecule has 0 radical (unpaired) electrons. The van der Waals surface area contributed by atoms with E-state index >= 15 is 0 Å². The fourth-order valence-electron chi connectivity index (χ4n) is 2.35. The lowest BCUT2D eigenvalue weighted by atomic mass is 9.99. The molecular weight excluding hydrogens is 424 g/mol. The van der Waals surface area contributed by atoms with E-state index < -0.39 is 55.9 Å². The third-order valence-corrected chi connectivity index (χ3v) is 5.77. The van der Waals surface area contributed by atoms with Gasteiger partial charge in [0.15, 0.2) is 0 Å². The lowest BCUT2D eigenvalue weighted by molar-refractivity contribution is -0.137. The van der Waals surface area contributed by atoms with E-state index in [2.05, 4.69) is 4.72 Å². The molecule has 0 aliphatic carbocycles. The number of hydrogen-bond acceptors (Lipinski definition) is 3. The number of rotatable bonds is 7. The number of amides is 1. The fourth-order valence-corrected chi connectivity index (χ4v) is 3.96.